The Balaban J connectivity index is 1.87. The molecule has 1 N–H and O–H groups in total. The average Bonchev–Trinajstić information content (AvgIpc) is 2.64. The molecule has 0 aromatic rings. The van der Waals surface area contributed by atoms with Crippen LogP contribution in [0.4, 0.5) is 0 Å². The van der Waals surface area contributed by atoms with Crippen LogP contribution in [0.2, 0.25) is 0 Å². The first-order valence-corrected chi connectivity index (χ1v) is 9.74. The highest BCUT2D eigenvalue weighted by Crippen LogP contribution is 2.19. The largest absolute Gasteiger partial charge is 0.390 e. The van der Waals surface area contributed by atoms with Crippen molar-refractivity contribution < 1.29 is 0 Å². The number of nitrogens with one attached hydrogen (secondary N) is 1. The van der Waals surface area contributed by atoms with E-state index in [1.807, 2.05) is 0 Å². The number of hydrogen-bond donors (Lipinski definition) is 1. The number of allylic oxidation sites excluding steroid dienone is 3. The molecule has 1 unspecified atom stereocenters. The Morgan fingerprint density at radius 3 is 2.32 bits per heavy atom. The zero-order chi connectivity index (χ0) is 15.3. The Morgan fingerprint density at radius 1 is 0.682 bits per heavy atom. The van der Waals surface area contributed by atoms with Gasteiger partial charge in [-0.25, -0.2) is 0 Å². The first kappa shape index (κ1) is 17.6. The maximum atomic E-state index is 3.48. The van der Waals surface area contributed by atoms with E-state index in [-0.39, 0.29) is 0 Å². The molecule has 0 amide bonds. The van der Waals surface area contributed by atoms with Crippen molar-refractivity contribution in [2.45, 2.75) is 83.1 Å². The third-order valence-corrected chi connectivity index (χ3v) is 5.09. The first-order chi connectivity index (χ1) is 11.0. The Labute approximate surface area is 138 Å². The molecule has 0 aromatic carbocycles. The summed E-state index contributed by atoms with van der Waals surface area (Å²) < 4.78 is 0. The zero-order valence-electron chi connectivity index (χ0n) is 14.4. The van der Waals surface area contributed by atoms with Gasteiger partial charge in [0.25, 0.3) is 0 Å². The fraction of sp³-hybridized carbons (Fsp3) is 0.800. The van der Waals surface area contributed by atoms with Gasteiger partial charge in [-0.2, -0.15) is 0 Å². The standard InChI is InChI=1S/C20H36N2/c1-2-4-7-11-15-20(14-10-6-3-1)22-18-13-9-5-8-12-16-21-17-19-22/h1,3,12,16,20-21H,2,4-11,13-15,17-19H2/b3-1?,16-12-. The Bertz CT molecular complexity index is 290. The third-order valence-electron chi connectivity index (χ3n) is 5.09. The van der Waals surface area contributed by atoms with Crippen molar-refractivity contribution in [3.8, 4) is 0 Å². The van der Waals surface area contributed by atoms with Gasteiger partial charge in [-0.3, -0.25) is 4.90 Å². The molecule has 1 atom stereocenters. The van der Waals surface area contributed by atoms with Crippen LogP contribution in [-0.2, 0) is 0 Å². The van der Waals surface area contributed by atoms with Gasteiger partial charge >= 0.3 is 0 Å². The summed E-state index contributed by atoms with van der Waals surface area (Å²) in [5.74, 6) is 0. The summed E-state index contributed by atoms with van der Waals surface area (Å²) in [6.07, 6.45) is 25.6. The summed E-state index contributed by atoms with van der Waals surface area (Å²) in [6, 6.07) is 0.818. The molecule has 2 heteroatoms. The molecule has 0 fully saturated rings. The van der Waals surface area contributed by atoms with Crippen molar-refractivity contribution in [3.63, 3.8) is 0 Å². The fourth-order valence-corrected chi connectivity index (χ4v) is 3.72. The highest BCUT2D eigenvalue weighted by Gasteiger charge is 2.17. The molecule has 1 heterocycles. The minimum atomic E-state index is 0.818. The molecule has 0 spiro atoms. The molecule has 0 radical (unpaired) electrons. The lowest BCUT2D eigenvalue weighted by atomic mass is 10.0. The average molecular weight is 305 g/mol. The van der Waals surface area contributed by atoms with Crippen LogP contribution < -0.4 is 5.32 Å². The van der Waals surface area contributed by atoms with Crippen molar-refractivity contribution in [1.29, 1.82) is 0 Å². The second kappa shape index (κ2) is 11.8. The molecule has 0 aromatic heterocycles. The summed E-state index contributed by atoms with van der Waals surface area (Å²) in [6.45, 7) is 3.62. The van der Waals surface area contributed by atoms with E-state index < -0.39 is 0 Å². The highest BCUT2D eigenvalue weighted by molar-refractivity contribution is 4.85. The van der Waals surface area contributed by atoms with Gasteiger partial charge in [-0.05, 0) is 70.5 Å². The van der Waals surface area contributed by atoms with Gasteiger partial charge in [0, 0.05) is 19.1 Å². The summed E-state index contributed by atoms with van der Waals surface area (Å²) in [4.78, 5) is 2.80. The molecule has 126 valence electrons. The SMILES string of the molecule is C1=CCCCC(N2CCCCC/C=C\NCC2)CCCCC1. The van der Waals surface area contributed by atoms with Crippen LogP contribution in [0, 0.1) is 0 Å². The van der Waals surface area contributed by atoms with Crippen LogP contribution in [0.3, 0.4) is 0 Å². The Hall–Kier alpha value is -0.760. The van der Waals surface area contributed by atoms with Gasteiger partial charge in [-0.15, -0.1) is 0 Å². The first-order valence-electron chi connectivity index (χ1n) is 9.74. The smallest absolute Gasteiger partial charge is 0.0269 e. The molecule has 22 heavy (non-hydrogen) atoms. The van der Waals surface area contributed by atoms with Crippen molar-refractivity contribution in [2.75, 3.05) is 19.6 Å². The van der Waals surface area contributed by atoms with Crippen LogP contribution in [0.5, 0.6) is 0 Å². The fourth-order valence-electron chi connectivity index (χ4n) is 3.72. The maximum Gasteiger partial charge on any atom is 0.0269 e. The molecule has 2 aliphatic rings. The lowest BCUT2D eigenvalue weighted by Gasteiger charge is -2.32. The Morgan fingerprint density at radius 2 is 1.41 bits per heavy atom. The normalized spacial score (nSPS) is 28.8. The van der Waals surface area contributed by atoms with Gasteiger partial charge in [0.15, 0.2) is 0 Å². The van der Waals surface area contributed by atoms with E-state index in [0.717, 1.165) is 12.6 Å². The molecular weight excluding hydrogens is 268 g/mol. The van der Waals surface area contributed by atoms with E-state index in [1.54, 1.807) is 0 Å². The lowest BCUT2D eigenvalue weighted by Crippen LogP contribution is -2.40. The van der Waals surface area contributed by atoms with E-state index in [2.05, 4.69) is 34.6 Å². The minimum absolute atomic E-state index is 0.818. The summed E-state index contributed by atoms with van der Waals surface area (Å²) in [5.41, 5.74) is 0. The van der Waals surface area contributed by atoms with Crippen molar-refractivity contribution in [3.05, 3.63) is 24.4 Å². The van der Waals surface area contributed by atoms with E-state index in [9.17, 15) is 0 Å². The van der Waals surface area contributed by atoms with Gasteiger partial charge in [0.1, 0.15) is 0 Å². The molecular formula is C20H36N2. The maximum absolute atomic E-state index is 3.48. The van der Waals surface area contributed by atoms with Gasteiger partial charge in [0.05, 0.1) is 0 Å². The van der Waals surface area contributed by atoms with Crippen molar-refractivity contribution in [2.24, 2.45) is 0 Å². The summed E-state index contributed by atoms with van der Waals surface area (Å²) in [7, 11) is 0. The predicted octanol–water partition coefficient (Wildman–Crippen LogP) is 5.02. The Kier molecular flexibility index (Phi) is 9.40. The zero-order valence-corrected chi connectivity index (χ0v) is 14.4. The number of nitrogens with zero attached hydrogens (tertiary/aromatic N) is 1. The minimum Gasteiger partial charge on any atom is -0.390 e. The second-order valence-corrected chi connectivity index (χ2v) is 6.94. The van der Waals surface area contributed by atoms with Gasteiger partial charge in [-0.1, -0.05) is 37.5 Å². The van der Waals surface area contributed by atoms with Crippen LogP contribution in [0.25, 0.3) is 0 Å². The quantitative estimate of drug-likeness (QED) is 0.684. The molecule has 2 nitrogen and oxygen atoms in total. The van der Waals surface area contributed by atoms with E-state index in [0.29, 0.717) is 0 Å². The number of hydrogen-bond acceptors (Lipinski definition) is 2. The van der Waals surface area contributed by atoms with Gasteiger partial charge < -0.3 is 5.32 Å². The molecule has 0 saturated carbocycles. The van der Waals surface area contributed by atoms with Crippen LogP contribution in [0.1, 0.15) is 77.0 Å². The van der Waals surface area contributed by atoms with Crippen LogP contribution in [-0.4, -0.2) is 30.6 Å². The molecule has 0 bridgehead atoms. The van der Waals surface area contributed by atoms with E-state index in [4.69, 9.17) is 0 Å². The lowest BCUT2D eigenvalue weighted by molar-refractivity contribution is 0.171. The van der Waals surface area contributed by atoms with Crippen LogP contribution >= 0.6 is 0 Å². The van der Waals surface area contributed by atoms with Crippen molar-refractivity contribution >= 4 is 0 Å². The van der Waals surface area contributed by atoms with E-state index in [1.165, 1.54) is 90.1 Å². The third kappa shape index (κ3) is 7.49. The summed E-state index contributed by atoms with van der Waals surface area (Å²) >= 11 is 0. The second-order valence-electron chi connectivity index (χ2n) is 6.94. The monoisotopic (exact) mass is 304 g/mol. The van der Waals surface area contributed by atoms with Crippen molar-refractivity contribution in [1.82, 2.24) is 10.2 Å². The van der Waals surface area contributed by atoms with Crippen LogP contribution in [0.15, 0.2) is 24.4 Å². The van der Waals surface area contributed by atoms with Gasteiger partial charge in [0.2, 0.25) is 0 Å². The molecule has 0 saturated heterocycles. The predicted molar refractivity (Wildman–Crippen MR) is 97.0 cm³/mol. The molecule has 2 rings (SSSR count). The summed E-state index contributed by atoms with van der Waals surface area (Å²) in [5, 5.41) is 3.48. The topological polar surface area (TPSA) is 15.3 Å². The highest BCUT2D eigenvalue weighted by atomic mass is 15.2. The number of rotatable bonds is 1. The molecule has 1 aliphatic heterocycles. The van der Waals surface area contributed by atoms with E-state index >= 15 is 0 Å². The molecule has 1 aliphatic carbocycles.